The molecule has 0 heterocycles. The molecule has 72 valence electrons. The second-order valence-electron chi connectivity index (χ2n) is 3.38. The van der Waals surface area contributed by atoms with E-state index in [0.29, 0.717) is 0 Å². The standard InChI is InChI=1S/C6H14.C5H9N/c1-3-5-6-4-2;6-5-3-1-2-4-5/h3-6H2,1-2H3;3H,1-2,4,6H2. The predicted octanol–water partition coefficient (Wildman–Crippen LogP) is 3.60. The van der Waals surface area contributed by atoms with E-state index in [9.17, 15) is 0 Å². The molecule has 0 unspecified atom stereocenters. The van der Waals surface area contributed by atoms with Gasteiger partial charge < -0.3 is 5.73 Å². The van der Waals surface area contributed by atoms with Crippen LogP contribution in [-0.2, 0) is 0 Å². The average molecular weight is 169 g/mol. The molecule has 0 spiro atoms. The van der Waals surface area contributed by atoms with E-state index < -0.39 is 0 Å². The second-order valence-corrected chi connectivity index (χ2v) is 3.38. The molecule has 12 heavy (non-hydrogen) atoms. The van der Waals surface area contributed by atoms with Crippen molar-refractivity contribution >= 4 is 0 Å². The lowest BCUT2D eigenvalue weighted by molar-refractivity contribution is 0.702. The molecule has 0 saturated carbocycles. The minimum atomic E-state index is 1.08. The summed E-state index contributed by atoms with van der Waals surface area (Å²) < 4.78 is 0. The van der Waals surface area contributed by atoms with E-state index in [-0.39, 0.29) is 0 Å². The molecule has 1 rings (SSSR count). The zero-order valence-electron chi connectivity index (χ0n) is 8.60. The Balaban J connectivity index is 0.000000202. The first-order valence-electron chi connectivity index (χ1n) is 5.25. The van der Waals surface area contributed by atoms with Gasteiger partial charge in [-0.1, -0.05) is 45.6 Å². The first kappa shape index (κ1) is 11.5. The summed E-state index contributed by atoms with van der Waals surface area (Å²) in [5.41, 5.74) is 6.47. The van der Waals surface area contributed by atoms with Gasteiger partial charge in [-0.05, 0) is 19.3 Å². The van der Waals surface area contributed by atoms with Crippen molar-refractivity contribution < 1.29 is 0 Å². The van der Waals surface area contributed by atoms with E-state index in [0.717, 1.165) is 12.1 Å². The first-order valence-corrected chi connectivity index (χ1v) is 5.25. The number of rotatable bonds is 3. The van der Waals surface area contributed by atoms with Gasteiger partial charge in [-0.2, -0.15) is 0 Å². The van der Waals surface area contributed by atoms with Crippen molar-refractivity contribution in [2.45, 2.75) is 58.8 Å². The maximum absolute atomic E-state index is 5.40. The summed E-state index contributed by atoms with van der Waals surface area (Å²) in [4.78, 5) is 0. The Kier molecular flexibility index (Phi) is 8.30. The van der Waals surface area contributed by atoms with Crippen LogP contribution < -0.4 is 5.73 Å². The van der Waals surface area contributed by atoms with E-state index in [1.807, 2.05) is 0 Å². The molecule has 0 atom stereocenters. The van der Waals surface area contributed by atoms with Crippen molar-refractivity contribution in [3.05, 3.63) is 11.8 Å². The molecule has 1 heteroatoms. The maximum atomic E-state index is 5.40. The van der Waals surface area contributed by atoms with Gasteiger partial charge in [0.2, 0.25) is 0 Å². The fourth-order valence-electron chi connectivity index (χ4n) is 1.20. The number of unbranched alkanes of at least 4 members (excludes halogenated alkanes) is 3. The molecule has 0 saturated heterocycles. The SMILES string of the molecule is CCCCCC.NC1=CCCC1. The molecular formula is C11H23N. The van der Waals surface area contributed by atoms with Crippen LogP contribution >= 0.6 is 0 Å². The summed E-state index contributed by atoms with van der Waals surface area (Å²) in [5.74, 6) is 0. The lowest BCUT2D eigenvalue weighted by Gasteiger charge is -1.86. The third-order valence-corrected chi connectivity index (χ3v) is 2.03. The summed E-state index contributed by atoms with van der Waals surface area (Å²) in [6.45, 7) is 4.46. The molecule has 0 radical (unpaired) electrons. The van der Waals surface area contributed by atoms with Gasteiger partial charge in [-0.15, -0.1) is 0 Å². The van der Waals surface area contributed by atoms with Gasteiger partial charge in [0.15, 0.2) is 0 Å². The Bertz CT molecular complexity index is 112. The van der Waals surface area contributed by atoms with Gasteiger partial charge in [-0.25, -0.2) is 0 Å². The zero-order chi connectivity index (χ0) is 9.23. The third-order valence-electron chi connectivity index (χ3n) is 2.03. The maximum Gasteiger partial charge on any atom is 0.00400 e. The number of hydrogen-bond acceptors (Lipinski definition) is 1. The highest BCUT2D eigenvalue weighted by Crippen LogP contribution is 2.11. The molecule has 2 N–H and O–H groups in total. The highest BCUT2D eigenvalue weighted by Gasteiger charge is 1.95. The molecular weight excluding hydrogens is 146 g/mol. The van der Waals surface area contributed by atoms with Crippen molar-refractivity contribution in [2.24, 2.45) is 5.73 Å². The van der Waals surface area contributed by atoms with Crippen LogP contribution in [0.3, 0.4) is 0 Å². The summed E-state index contributed by atoms with van der Waals surface area (Å²) in [7, 11) is 0. The molecule has 0 aliphatic heterocycles. The van der Waals surface area contributed by atoms with Crippen molar-refractivity contribution in [1.29, 1.82) is 0 Å². The first-order chi connectivity index (χ1) is 5.81. The van der Waals surface area contributed by atoms with Crippen LogP contribution in [0.2, 0.25) is 0 Å². The van der Waals surface area contributed by atoms with Crippen LogP contribution in [-0.4, -0.2) is 0 Å². The predicted molar refractivity (Wildman–Crippen MR) is 55.9 cm³/mol. The van der Waals surface area contributed by atoms with Crippen molar-refractivity contribution in [3.63, 3.8) is 0 Å². The summed E-state index contributed by atoms with van der Waals surface area (Å²) in [6.07, 6.45) is 11.2. The van der Waals surface area contributed by atoms with Gasteiger partial charge >= 0.3 is 0 Å². The molecule has 0 amide bonds. The summed E-state index contributed by atoms with van der Waals surface area (Å²) in [6, 6.07) is 0. The average Bonchev–Trinajstić information content (AvgIpc) is 2.53. The number of nitrogens with two attached hydrogens (primary N) is 1. The fourth-order valence-corrected chi connectivity index (χ4v) is 1.20. The summed E-state index contributed by atoms with van der Waals surface area (Å²) >= 11 is 0. The van der Waals surface area contributed by atoms with E-state index in [2.05, 4.69) is 19.9 Å². The molecule has 0 bridgehead atoms. The van der Waals surface area contributed by atoms with E-state index in [1.54, 1.807) is 0 Å². The van der Waals surface area contributed by atoms with Crippen molar-refractivity contribution in [1.82, 2.24) is 0 Å². The van der Waals surface area contributed by atoms with Crippen molar-refractivity contribution in [2.75, 3.05) is 0 Å². The third kappa shape index (κ3) is 7.64. The van der Waals surface area contributed by atoms with Gasteiger partial charge in [0.25, 0.3) is 0 Å². The largest absolute Gasteiger partial charge is 0.402 e. The Labute approximate surface area is 77.0 Å². The van der Waals surface area contributed by atoms with Crippen LogP contribution in [0.15, 0.2) is 11.8 Å². The Morgan fingerprint density at radius 2 is 1.83 bits per heavy atom. The lowest BCUT2D eigenvalue weighted by Crippen LogP contribution is -1.89. The smallest absolute Gasteiger partial charge is 0.00400 e. The van der Waals surface area contributed by atoms with Crippen LogP contribution in [0.1, 0.15) is 58.8 Å². The molecule has 0 aromatic rings. The van der Waals surface area contributed by atoms with Crippen LogP contribution in [0.4, 0.5) is 0 Å². The highest BCUT2D eigenvalue weighted by molar-refractivity contribution is 5.01. The monoisotopic (exact) mass is 169 g/mol. The molecule has 1 aliphatic carbocycles. The molecule has 0 fully saturated rings. The summed E-state index contributed by atoms with van der Waals surface area (Å²) in [5, 5.41) is 0. The van der Waals surface area contributed by atoms with Crippen LogP contribution in [0.5, 0.6) is 0 Å². The fraction of sp³-hybridized carbons (Fsp3) is 0.818. The second kappa shape index (κ2) is 8.63. The van der Waals surface area contributed by atoms with E-state index in [4.69, 9.17) is 5.73 Å². The minimum absolute atomic E-state index is 1.08. The van der Waals surface area contributed by atoms with Gasteiger partial charge in [-0.3, -0.25) is 0 Å². The quantitative estimate of drug-likeness (QED) is 0.642. The molecule has 1 nitrogen and oxygen atoms in total. The normalized spacial score (nSPS) is 15.0. The molecule has 1 aliphatic rings. The van der Waals surface area contributed by atoms with Crippen molar-refractivity contribution in [3.8, 4) is 0 Å². The molecule has 0 aromatic heterocycles. The van der Waals surface area contributed by atoms with Gasteiger partial charge in [0, 0.05) is 5.70 Å². The highest BCUT2D eigenvalue weighted by atomic mass is 14.6. The van der Waals surface area contributed by atoms with E-state index >= 15 is 0 Å². The molecule has 0 aromatic carbocycles. The topological polar surface area (TPSA) is 26.0 Å². The van der Waals surface area contributed by atoms with Crippen LogP contribution in [0, 0.1) is 0 Å². The zero-order valence-corrected chi connectivity index (χ0v) is 8.60. The van der Waals surface area contributed by atoms with Gasteiger partial charge in [0.1, 0.15) is 0 Å². The lowest BCUT2D eigenvalue weighted by atomic mass is 10.2. The minimum Gasteiger partial charge on any atom is -0.402 e. The van der Waals surface area contributed by atoms with E-state index in [1.165, 1.54) is 38.5 Å². The van der Waals surface area contributed by atoms with Crippen LogP contribution in [0.25, 0.3) is 0 Å². The number of hydrogen-bond donors (Lipinski definition) is 1. The Morgan fingerprint density at radius 1 is 1.25 bits per heavy atom. The Hall–Kier alpha value is -0.460. The van der Waals surface area contributed by atoms with Gasteiger partial charge in [0.05, 0.1) is 0 Å². The Morgan fingerprint density at radius 3 is 2.00 bits per heavy atom. The number of allylic oxidation sites excluding steroid dienone is 2.